The molecule has 1 unspecified atom stereocenters. The van der Waals surface area contributed by atoms with Crippen LogP contribution in [0, 0.1) is 0 Å². The van der Waals surface area contributed by atoms with Crippen molar-refractivity contribution in [3.05, 3.63) is 30.3 Å². The average molecular weight is 210 g/mol. The number of hydrogen-bond acceptors (Lipinski definition) is 2. The van der Waals surface area contributed by atoms with Crippen LogP contribution in [-0.2, 0) is 0 Å². The number of aliphatic hydroxyl groups excluding tert-OH is 1. The molecule has 0 saturated heterocycles. The third-order valence-electron chi connectivity index (χ3n) is 2.07. The number of unbranched alkanes of at least 4 members (excludes halogenated alkanes) is 2. The van der Waals surface area contributed by atoms with Crippen molar-refractivity contribution < 1.29 is 5.11 Å². The van der Waals surface area contributed by atoms with Crippen molar-refractivity contribution in [3.63, 3.8) is 0 Å². The van der Waals surface area contributed by atoms with Crippen LogP contribution in [0.5, 0.6) is 0 Å². The van der Waals surface area contributed by atoms with E-state index in [1.165, 1.54) is 12.8 Å². The minimum Gasteiger partial charge on any atom is -0.382 e. The topological polar surface area (TPSA) is 20.2 Å². The Morgan fingerprint density at radius 3 is 2.57 bits per heavy atom. The Labute approximate surface area is 90.5 Å². The number of benzene rings is 1. The summed E-state index contributed by atoms with van der Waals surface area (Å²) in [6.07, 6.45) is 4.44. The minimum atomic E-state index is -0.246. The van der Waals surface area contributed by atoms with E-state index in [0.717, 1.165) is 17.7 Å². The summed E-state index contributed by atoms with van der Waals surface area (Å²) < 4.78 is 0. The Morgan fingerprint density at radius 1 is 1.21 bits per heavy atom. The van der Waals surface area contributed by atoms with E-state index < -0.39 is 0 Å². The SMILES string of the molecule is CCCCCC(O)Sc1ccccc1. The molecule has 0 aromatic heterocycles. The van der Waals surface area contributed by atoms with Gasteiger partial charge in [-0.2, -0.15) is 0 Å². The minimum absolute atomic E-state index is 0.246. The van der Waals surface area contributed by atoms with Gasteiger partial charge in [-0.15, -0.1) is 0 Å². The maximum atomic E-state index is 9.69. The summed E-state index contributed by atoms with van der Waals surface area (Å²) in [5.74, 6) is 0. The van der Waals surface area contributed by atoms with Crippen LogP contribution in [0.4, 0.5) is 0 Å². The predicted molar refractivity (Wildman–Crippen MR) is 62.4 cm³/mol. The summed E-state index contributed by atoms with van der Waals surface area (Å²) >= 11 is 1.55. The molecule has 1 atom stereocenters. The zero-order chi connectivity index (χ0) is 10.2. The molecular weight excluding hydrogens is 192 g/mol. The van der Waals surface area contributed by atoms with E-state index in [-0.39, 0.29) is 5.44 Å². The summed E-state index contributed by atoms with van der Waals surface area (Å²) in [4.78, 5) is 1.15. The van der Waals surface area contributed by atoms with Gasteiger partial charge in [-0.3, -0.25) is 0 Å². The van der Waals surface area contributed by atoms with Crippen molar-refractivity contribution in [1.82, 2.24) is 0 Å². The van der Waals surface area contributed by atoms with Crippen molar-refractivity contribution in [3.8, 4) is 0 Å². The molecule has 1 nitrogen and oxygen atoms in total. The fraction of sp³-hybridized carbons (Fsp3) is 0.500. The van der Waals surface area contributed by atoms with E-state index >= 15 is 0 Å². The highest BCUT2D eigenvalue weighted by molar-refractivity contribution is 7.99. The fourth-order valence-corrected chi connectivity index (χ4v) is 2.20. The molecule has 14 heavy (non-hydrogen) atoms. The van der Waals surface area contributed by atoms with Gasteiger partial charge in [-0.25, -0.2) is 0 Å². The lowest BCUT2D eigenvalue weighted by Crippen LogP contribution is -1.99. The molecule has 1 aromatic rings. The van der Waals surface area contributed by atoms with E-state index in [9.17, 15) is 5.11 Å². The molecule has 0 heterocycles. The first-order valence-electron chi connectivity index (χ1n) is 5.22. The first-order valence-corrected chi connectivity index (χ1v) is 6.10. The summed E-state index contributed by atoms with van der Waals surface area (Å²) in [7, 11) is 0. The number of hydrogen-bond donors (Lipinski definition) is 1. The molecule has 0 spiro atoms. The van der Waals surface area contributed by atoms with Gasteiger partial charge in [-0.05, 0) is 18.6 Å². The van der Waals surface area contributed by atoms with E-state index in [1.54, 1.807) is 11.8 Å². The van der Waals surface area contributed by atoms with Gasteiger partial charge in [0.15, 0.2) is 0 Å². The molecule has 0 bridgehead atoms. The lowest BCUT2D eigenvalue weighted by Gasteiger charge is -2.09. The molecule has 1 aromatic carbocycles. The van der Waals surface area contributed by atoms with Crippen LogP contribution in [0.25, 0.3) is 0 Å². The zero-order valence-electron chi connectivity index (χ0n) is 8.65. The number of rotatable bonds is 6. The Bertz CT molecular complexity index is 235. The first kappa shape index (κ1) is 11.6. The maximum absolute atomic E-state index is 9.69. The van der Waals surface area contributed by atoms with Gasteiger partial charge in [0.2, 0.25) is 0 Å². The normalized spacial score (nSPS) is 12.7. The largest absolute Gasteiger partial charge is 0.382 e. The van der Waals surface area contributed by atoms with Crippen LogP contribution in [0.3, 0.4) is 0 Å². The molecular formula is C12H18OS. The zero-order valence-corrected chi connectivity index (χ0v) is 9.46. The highest BCUT2D eigenvalue weighted by Gasteiger charge is 2.04. The van der Waals surface area contributed by atoms with Gasteiger partial charge in [0.1, 0.15) is 5.44 Å². The standard InChI is InChI=1S/C12H18OS/c1-2-3-5-10-12(13)14-11-8-6-4-7-9-11/h4,6-9,12-13H,2-3,5,10H2,1H3. The van der Waals surface area contributed by atoms with Gasteiger partial charge >= 0.3 is 0 Å². The molecule has 0 amide bonds. The van der Waals surface area contributed by atoms with E-state index in [1.807, 2.05) is 30.3 Å². The summed E-state index contributed by atoms with van der Waals surface area (Å²) in [6, 6.07) is 10.1. The van der Waals surface area contributed by atoms with Gasteiger partial charge in [0.25, 0.3) is 0 Å². The second kappa shape index (κ2) is 6.91. The third kappa shape index (κ3) is 4.68. The van der Waals surface area contributed by atoms with E-state index in [4.69, 9.17) is 0 Å². The average Bonchev–Trinajstić information content (AvgIpc) is 2.20. The molecule has 0 aliphatic carbocycles. The predicted octanol–water partition coefficient (Wildman–Crippen LogP) is 3.68. The lowest BCUT2D eigenvalue weighted by molar-refractivity contribution is 0.248. The highest BCUT2D eigenvalue weighted by atomic mass is 32.2. The summed E-state index contributed by atoms with van der Waals surface area (Å²) in [5.41, 5.74) is -0.246. The van der Waals surface area contributed by atoms with E-state index in [2.05, 4.69) is 6.92 Å². The van der Waals surface area contributed by atoms with Crippen molar-refractivity contribution >= 4 is 11.8 Å². The highest BCUT2D eigenvalue weighted by Crippen LogP contribution is 2.24. The Kier molecular flexibility index (Phi) is 5.72. The molecule has 0 radical (unpaired) electrons. The first-order chi connectivity index (χ1) is 6.83. The van der Waals surface area contributed by atoms with Gasteiger partial charge in [0, 0.05) is 4.90 Å². The lowest BCUT2D eigenvalue weighted by atomic mass is 10.2. The van der Waals surface area contributed by atoms with Crippen LogP contribution in [-0.4, -0.2) is 10.5 Å². The Hall–Kier alpha value is -0.470. The summed E-state index contributed by atoms with van der Waals surface area (Å²) in [6.45, 7) is 2.18. The van der Waals surface area contributed by atoms with Gasteiger partial charge in [0.05, 0.1) is 0 Å². The van der Waals surface area contributed by atoms with Crippen molar-refractivity contribution in [2.75, 3.05) is 0 Å². The second-order valence-electron chi connectivity index (χ2n) is 3.38. The Balaban J connectivity index is 2.23. The van der Waals surface area contributed by atoms with Crippen LogP contribution < -0.4 is 0 Å². The van der Waals surface area contributed by atoms with Crippen molar-refractivity contribution in [2.24, 2.45) is 0 Å². The molecule has 2 heteroatoms. The fourth-order valence-electron chi connectivity index (χ4n) is 1.28. The monoisotopic (exact) mass is 210 g/mol. The quantitative estimate of drug-likeness (QED) is 0.439. The molecule has 1 rings (SSSR count). The van der Waals surface area contributed by atoms with Crippen LogP contribution in [0.15, 0.2) is 35.2 Å². The molecule has 78 valence electrons. The van der Waals surface area contributed by atoms with Crippen LogP contribution >= 0.6 is 11.8 Å². The number of thioether (sulfide) groups is 1. The third-order valence-corrected chi connectivity index (χ3v) is 3.12. The maximum Gasteiger partial charge on any atom is 0.104 e. The summed E-state index contributed by atoms with van der Waals surface area (Å²) in [5, 5.41) is 9.69. The van der Waals surface area contributed by atoms with E-state index in [0.29, 0.717) is 0 Å². The van der Waals surface area contributed by atoms with Gasteiger partial charge in [-0.1, -0.05) is 56.1 Å². The number of aliphatic hydroxyl groups is 1. The van der Waals surface area contributed by atoms with Crippen LogP contribution in [0.1, 0.15) is 32.6 Å². The molecule has 0 fully saturated rings. The van der Waals surface area contributed by atoms with Crippen molar-refractivity contribution in [1.29, 1.82) is 0 Å². The van der Waals surface area contributed by atoms with Crippen molar-refractivity contribution in [2.45, 2.75) is 42.9 Å². The smallest absolute Gasteiger partial charge is 0.104 e. The molecule has 0 aliphatic rings. The molecule has 0 aliphatic heterocycles. The van der Waals surface area contributed by atoms with Gasteiger partial charge < -0.3 is 5.11 Å². The second-order valence-corrected chi connectivity index (χ2v) is 4.63. The molecule has 1 N–H and O–H groups in total. The Morgan fingerprint density at radius 2 is 1.93 bits per heavy atom. The van der Waals surface area contributed by atoms with Crippen LogP contribution in [0.2, 0.25) is 0 Å². The molecule has 0 saturated carbocycles.